The van der Waals surface area contributed by atoms with Crippen molar-refractivity contribution in [1.82, 2.24) is 10.6 Å². The normalized spacial score (nSPS) is 13.9. The fraction of sp³-hybridized carbons (Fsp3) is 0.688. The minimum absolute atomic E-state index is 0.00288. The summed E-state index contributed by atoms with van der Waals surface area (Å²) < 4.78 is 0. The van der Waals surface area contributed by atoms with Crippen LogP contribution >= 0.6 is 0 Å². The van der Waals surface area contributed by atoms with Crippen LogP contribution in [0.1, 0.15) is 39.5 Å². The molecule has 0 aromatic carbocycles. The zero-order valence-corrected chi connectivity index (χ0v) is 16.1. The van der Waals surface area contributed by atoms with Crippen LogP contribution in [0.5, 0.6) is 0 Å². The van der Waals surface area contributed by atoms with Crippen molar-refractivity contribution in [2.45, 2.75) is 57.7 Å². The summed E-state index contributed by atoms with van der Waals surface area (Å²) in [6.45, 7) is 3.83. The third-order valence-corrected chi connectivity index (χ3v) is 3.63. The highest BCUT2D eigenvalue weighted by atomic mass is 16.4. The monoisotopic (exact) mass is 402 g/mol. The molecule has 0 aliphatic heterocycles. The van der Waals surface area contributed by atoms with E-state index in [9.17, 15) is 24.3 Å². The SMILES string of the molecule is CC(C)C[C@H](NC(=O)[C@@H](N)CC(=O)O)C(=O)N[C@@H](CCCN=C(N)N)C(=O)O. The van der Waals surface area contributed by atoms with E-state index in [4.69, 9.17) is 22.3 Å². The van der Waals surface area contributed by atoms with Crippen LogP contribution in [0, 0.1) is 5.92 Å². The summed E-state index contributed by atoms with van der Waals surface area (Å²) in [5, 5.41) is 22.8. The molecule has 3 atom stereocenters. The van der Waals surface area contributed by atoms with Gasteiger partial charge in [-0.1, -0.05) is 13.8 Å². The van der Waals surface area contributed by atoms with Gasteiger partial charge < -0.3 is 38.0 Å². The first-order chi connectivity index (χ1) is 12.9. The molecular weight excluding hydrogens is 372 g/mol. The lowest BCUT2D eigenvalue weighted by molar-refractivity contribution is -0.143. The lowest BCUT2D eigenvalue weighted by Crippen LogP contribution is -2.55. The quantitative estimate of drug-likeness (QED) is 0.102. The molecule has 0 spiro atoms. The third-order valence-electron chi connectivity index (χ3n) is 3.63. The Hall–Kier alpha value is -2.89. The molecule has 12 nitrogen and oxygen atoms in total. The Morgan fingerprint density at radius 2 is 1.57 bits per heavy atom. The number of carbonyl (C=O) groups excluding carboxylic acids is 2. The van der Waals surface area contributed by atoms with Gasteiger partial charge in [-0.25, -0.2) is 4.79 Å². The summed E-state index contributed by atoms with van der Waals surface area (Å²) in [7, 11) is 0. The van der Waals surface area contributed by atoms with Gasteiger partial charge in [-0.2, -0.15) is 0 Å². The molecule has 0 aromatic heterocycles. The number of aliphatic imine (C=N–C) groups is 1. The summed E-state index contributed by atoms with van der Waals surface area (Å²) in [6.07, 6.45) is 0.0284. The first-order valence-electron chi connectivity index (χ1n) is 8.80. The summed E-state index contributed by atoms with van der Waals surface area (Å²) in [5.74, 6) is -4.11. The highest BCUT2D eigenvalue weighted by molar-refractivity contribution is 5.92. The van der Waals surface area contributed by atoms with Gasteiger partial charge in [0, 0.05) is 6.54 Å². The Labute approximate surface area is 162 Å². The summed E-state index contributed by atoms with van der Waals surface area (Å²) in [5.41, 5.74) is 15.9. The maximum atomic E-state index is 12.5. The Morgan fingerprint density at radius 1 is 1.00 bits per heavy atom. The van der Waals surface area contributed by atoms with Crippen LogP contribution in [0.2, 0.25) is 0 Å². The van der Waals surface area contributed by atoms with Gasteiger partial charge in [-0.05, 0) is 25.2 Å². The molecule has 28 heavy (non-hydrogen) atoms. The molecule has 160 valence electrons. The molecule has 0 aliphatic carbocycles. The molecule has 0 saturated carbocycles. The minimum Gasteiger partial charge on any atom is -0.481 e. The number of nitrogens with zero attached hydrogens (tertiary/aromatic N) is 1. The summed E-state index contributed by atoms with van der Waals surface area (Å²) in [4.78, 5) is 50.3. The van der Waals surface area contributed by atoms with E-state index in [-0.39, 0.29) is 31.3 Å². The Balaban J connectivity index is 5.00. The van der Waals surface area contributed by atoms with E-state index in [1.165, 1.54) is 0 Å². The number of hydrogen-bond donors (Lipinski definition) is 7. The zero-order chi connectivity index (χ0) is 21.9. The number of hydrogen-bond acceptors (Lipinski definition) is 6. The van der Waals surface area contributed by atoms with Crippen molar-refractivity contribution in [3.8, 4) is 0 Å². The number of carbonyl (C=O) groups is 4. The van der Waals surface area contributed by atoms with Crippen molar-refractivity contribution in [1.29, 1.82) is 0 Å². The predicted octanol–water partition coefficient (Wildman–Crippen LogP) is -2.06. The Kier molecular flexibility index (Phi) is 11.2. The second kappa shape index (κ2) is 12.5. The molecule has 12 heteroatoms. The Bertz CT molecular complexity index is 590. The standard InChI is InChI=1S/C16H30N6O6/c1-8(2)6-11(22-13(25)9(17)7-12(23)24)14(26)21-10(15(27)28)4-3-5-20-16(18)19/h8-11H,3-7,17H2,1-2H3,(H,21,26)(H,22,25)(H,23,24)(H,27,28)(H4,18,19,20)/t9-,10-,11-/m0/s1. The van der Waals surface area contributed by atoms with E-state index < -0.39 is 48.3 Å². The smallest absolute Gasteiger partial charge is 0.326 e. The second-order valence-corrected chi connectivity index (χ2v) is 6.74. The van der Waals surface area contributed by atoms with Gasteiger partial charge in [0.15, 0.2) is 5.96 Å². The maximum Gasteiger partial charge on any atom is 0.326 e. The first kappa shape index (κ1) is 25.1. The Morgan fingerprint density at radius 3 is 2.04 bits per heavy atom. The zero-order valence-electron chi connectivity index (χ0n) is 16.1. The van der Waals surface area contributed by atoms with Gasteiger partial charge in [0.2, 0.25) is 11.8 Å². The van der Waals surface area contributed by atoms with Crippen molar-refractivity contribution in [3.05, 3.63) is 0 Å². The third kappa shape index (κ3) is 11.0. The van der Waals surface area contributed by atoms with Crippen molar-refractivity contribution in [2.24, 2.45) is 28.1 Å². The molecule has 0 aliphatic rings. The lowest BCUT2D eigenvalue weighted by Gasteiger charge is -2.23. The van der Waals surface area contributed by atoms with Crippen LogP contribution in [0.25, 0.3) is 0 Å². The molecule has 2 amide bonds. The van der Waals surface area contributed by atoms with Crippen molar-refractivity contribution < 1.29 is 29.4 Å². The van der Waals surface area contributed by atoms with Crippen LogP contribution in [0.4, 0.5) is 0 Å². The van der Waals surface area contributed by atoms with Crippen LogP contribution in [-0.2, 0) is 19.2 Å². The topological polar surface area (TPSA) is 223 Å². The van der Waals surface area contributed by atoms with Crippen molar-refractivity contribution in [3.63, 3.8) is 0 Å². The summed E-state index contributed by atoms with van der Waals surface area (Å²) >= 11 is 0. The van der Waals surface area contributed by atoms with E-state index in [1.54, 1.807) is 0 Å². The highest BCUT2D eigenvalue weighted by Crippen LogP contribution is 2.07. The molecule has 0 heterocycles. The molecule has 0 unspecified atom stereocenters. The van der Waals surface area contributed by atoms with Gasteiger partial charge >= 0.3 is 11.9 Å². The van der Waals surface area contributed by atoms with Crippen LogP contribution in [-0.4, -0.2) is 64.6 Å². The number of carboxylic acid groups (broad SMARTS) is 2. The maximum absolute atomic E-state index is 12.5. The number of carboxylic acids is 2. The molecule has 0 fully saturated rings. The fourth-order valence-corrected chi connectivity index (χ4v) is 2.30. The second-order valence-electron chi connectivity index (χ2n) is 6.74. The lowest BCUT2D eigenvalue weighted by atomic mass is 10.0. The van der Waals surface area contributed by atoms with Gasteiger partial charge in [-0.3, -0.25) is 19.4 Å². The fourth-order valence-electron chi connectivity index (χ4n) is 2.30. The number of guanidine groups is 1. The van der Waals surface area contributed by atoms with E-state index >= 15 is 0 Å². The number of rotatable bonds is 13. The largest absolute Gasteiger partial charge is 0.481 e. The number of nitrogens with one attached hydrogen (secondary N) is 2. The molecular formula is C16H30N6O6. The van der Waals surface area contributed by atoms with Gasteiger partial charge in [0.1, 0.15) is 12.1 Å². The first-order valence-corrected chi connectivity index (χ1v) is 8.80. The van der Waals surface area contributed by atoms with Gasteiger partial charge in [0.05, 0.1) is 12.5 Å². The van der Waals surface area contributed by atoms with E-state index in [1.807, 2.05) is 13.8 Å². The van der Waals surface area contributed by atoms with E-state index in [0.717, 1.165) is 0 Å². The molecule has 0 saturated heterocycles. The number of nitrogens with two attached hydrogens (primary N) is 3. The molecule has 0 radical (unpaired) electrons. The molecule has 0 aromatic rings. The number of aliphatic carboxylic acids is 2. The highest BCUT2D eigenvalue weighted by Gasteiger charge is 2.28. The van der Waals surface area contributed by atoms with E-state index in [2.05, 4.69) is 15.6 Å². The van der Waals surface area contributed by atoms with Crippen LogP contribution < -0.4 is 27.8 Å². The van der Waals surface area contributed by atoms with Crippen molar-refractivity contribution >= 4 is 29.7 Å². The average Bonchev–Trinajstić information content (AvgIpc) is 2.55. The minimum atomic E-state index is -1.32. The van der Waals surface area contributed by atoms with Crippen LogP contribution in [0.15, 0.2) is 4.99 Å². The van der Waals surface area contributed by atoms with Gasteiger partial charge in [-0.15, -0.1) is 0 Å². The van der Waals surface area contributed by atoms with Crippen LogP contribution in [0.3, 0.4) is 0 Å². The average molecular weight is 402 g/mol. The van der Waals surface area contributed by atoms with Crippen molar-refractivity contribution in [2.75, 3.05) is 6.54 Å². The predicted molar refractivity (Wildman–Crippen MR) is 101 cm³/mol. The van der Waals surface area contributed by atoms with Gasteiger partial charge in [0.25, 0.3) is 0 Å². The van der Waals surface area contributed by atoms with E-state index in [0.29, 0.717) is 6.42 Å². The number of amides is 2. The summed E-state index contributed by atoms with van der Waals surface area (Å²) in [6, 6.07) is -3.57. The molecule has 0 rings (SSSR count). The molecule has 10 N–H and O–H groups in total. The molecule has 0 bridgehead atoms.